The Balaban J connectivity index is 2.06. The van der Waals surface area contributed by atoms with E-state index in [-0.39, 0.29) is 0 Å². The summed E-state index contributed by atoms with van der Waals surface area (Å²) in [7, 11) is 0. The molecule has 0 aromatic heterocycles. The van der Waals surface area contributed by atoms with Gasteiger partial charge in [-0.3, -0.25) is 0 Å². The maximum absolute atomic E-state index is 2.57. The first-order valence-corrected chi connectivity index (χ1v) is 6.63. The molecule has 0 heterocycles. The van der Waals surface area contributed by atoms with Gasteiger partial charge < -0.3 is 0 Å². The molecule has 0 radical (unpaired) electrons. The third kappa shape index (κ3) is 1.04. The van der Waals surface area contributed by atoms with E-state index in [1.807, 2.05) is 0 Å². The first kappa shape index (κ1) is 9.93. The van der Waals surface area contributed by atoms with Crippen LogP contribution in [0.2, 0.25) is 0 Å². The van der Waals surface area contributed by atoms with Crippen LogP contribution in [0.4, 0.5) is 0 Å². The van der Waals surface area contributed by atoms with Crippen LogP contribution in [-0.2, 0) is 0 Å². The first-order chi connectivity index (χ1) is 6.97. The summed E-state index contributed by atoms with van der Waals surface area (Å²) in [4.78, 5) is 0. The van der Waals surface area contributed by atoms with Crippen molar-refractivity contribution in [3.8, 4) is 0 Å². The Morgan fingerprint density at radius 2 is 1.93 bits per heavy atom. The summed E-state index contributed by atoms with van der Waals surface area (Å²) in [6, 6.07) is 0. The maximum Gasteiger partial charge on any atom is -0.0113 e. The molecule has 0 N–H and O–H groups in total. The molecule has 4 atom stereocenters. The SMILES string of the molecule is CC1=CC[C@H]2[C@H]3[C@@H]1[C@@]2(C)CCCC3(C)C. The average Bonchev–Trinajstić information content (AvgIpc) is 2.30. The van der Waals surface area contributed by atoms with Crippen LogP contribution in [0.3, 0.4) is 0 Å². The van der Waals surface area contributed by atoms with Gasteiger partial charge in [-0.05, 0) is 54.8 Å². The summed E-state index contributed by atoms with van der Waals surface area (Å²) in [6.07, 6.45) is 8.28. The number of hydrogen-bond donors (Lipinski definition) is 0. The van der Waals surface area contributed by atoms with Crippen molar-refractivity contribution >= 4 is 0 Å². The fourth-order valence-electron chi connectivity index (χ4n) is 5.25. The summed E-state index contributed by atoms with van der Waals surface area (Å²) < 4.78 is 0. The summed E-state index contributed by atoms with van der Waals surface area (Å²) in [5.74, 6) is 2.92. The van der Waals surface area contributed by atoms with Crippen LogP contribution >= 0.6 is 0 Å². The largest absolute Gasteiger partial charge is 0.0850 e. The Morgan fingerprint density at radius 1 is 1.20 bits per heavy atom. The highest BCUT2D eigenvalue weighted by Gasteiger charge is 2.64. The van der Waals surface area contributed by atoms with Crippen molar-refractivity contribution in [2.45, 2.75) is 53.4 Å². The van der Waals surface area contributed by atoms with E-state index in [1.54, 1.807) is 5.57 Å². The lowest BCUT2D eigenvalue weighted by Gasteiger charge is -2.66. The van der Waals surface area contributed by atoms with Crippen molar-refractivity contribution in [1.29, 1.82) is 0 Å². The molecule has 15 heavy (non-hydrogen) atoms. The number of hydrogen-bond acceptors (Lipinski definition) is 0. The molecule has 0 aromatic rings. The Labute approximate surface area is 94.1 Å². The van der Waals surface area contributed by atoms with Crippen molar-refractivity contribution in [1.82, 2.24) is 0 Å². The molecule has 0 heteroatoms. The smallest absolute Gasteiger partial charge is 0.0113 e. The van der Waals surface area contributed by atoms with Crippen LogP contribution < -0.4 is 0 Å². The number of allylic oxidation sites excluding steroid dienone is 2. The van der Waals surface area contributed by atoms with Gasteiger partial charge in [-0.1, -0.05) is 38.8 Å². The van der Waals surface area contributed by atoms with Crippen molar-refractivity contribution in [3.05, 3.63) is 11.6 Å². The molecule has 0 amide bonds. The van der Waals surface area contributed by atoms with Crippen molar-refractivity contribution in [2.24, 2.45) is 28.6 Å². The summed E-state index contributed by atoms with van der Waals surface area (Å²) in [6.45, 7) is 9.98. The first-order valence-electron chi connectivity index (χ1n) is 6.63. The molecule has 84 valence electrons. The molecule has 0 aliphatic heterocycles. The van der Waals surface area contributed by atoms with Gasteiger partial charge in [0.2, 0.25) is 0 Å². The zero-order valence-electron chi connectivity index (χ0n) is 10.6. The molecule has 2 fully saturated rings. The van der Waals surface area contributed by atoms with Crippen LogP contribution in [0, 0.1) is 28.6 Å². The Kier molecular flexibility index (Phi) is 1.79. The fraction of sp³-hybridized carbons (Fsp3) is 0.867. The fourth-order valence-corrected chi connectivity index (χ4v) is 5.25. The van der Waals surface area contributed by atoms with E-state index < -0.39 is 0 Å². The van der Waals surface area contributed by atoms with E-state index in [1.165, 1.54) is 25.7 Å². The van der Waals surface area contributed by atoms with E-state index in [0.717, 1.165) is 17.8 Å². The second-order valence-electron chi connectivity index (χ2n) is 7.14. The Morgan fingerprint density at radius 3 is 2.60 bits per heavy atom. The highest BCUT2D eigenvalue weighted by Crippen LogP contribution is 2.72. The van der Waals surface area contributed by atoms with Crippen molar-refractivity contribution in [2.75, 3.05) is 0 Å². The second-order valence-corrected chi connectivity index (χ2v) is 7.14. The van der Waals surface area contributed by atoms with E-state index in [2.05, 4.69) is 33.8 Å². The molecular formula is C15H24. The van der Waals surface area contributed by atoms with Gasteiger partial charge in [0.15, 0.2) is 0 Å². The highest BCUT2D eigenvalue weighted by molar-refractivity contribution is 5.28. The lowest BCUT2D eigenvalue weighted by Crippen LogP contribution is -2.60. The quantitative estimate of drug-likeness (QED) is 0.513. The molecule has 2 saturated carbocycles. The van der Waals surface area contributed by atoms with E-state index >= 15 is 0 Å². The van der Waals surface area contributed by atoms with Gasteiger partial charge in [0.1, 0.15) is 0 Å². The summed E-state index contributed by atoms with van der Waals surface area (Å²) in [5, 5.41) is 0. The predicted molar refractivity (Wildman–Crippen MR) is 64.6 cm³/mol. The standard InChI is InChI=1S/C15H24/c1-10-6-7-11-13-12(10)15(11,4)9-5-8-14(13,2)3/h6,11-13H,5,7-9H2,1-4H3/t11-,12+,13-,15-/m0/s1. The van der Waals surface area contributed by atoms with Crippen LogP contribution in [0.25, 0.3) is 0 Å². The molecule has 4 bridgehead atoms. The molecule has 0 nitrogen and oxygen atoms in total. The molecule has 0 aromatic carbocycles. The third-order valence-corrected chi connectivity index (χ3v) is 5.97. The molecule has 4 aliphatic carbocycles. The number of rotatable bonds is 0. The van der Waals surface area contributed by atoms with Crippen LogP contribution in [0.1, 0.15) is 53.4 Å². The van der Waals surface area contributed by atoms with E-state index in [9.17, 15) is 0 Å². The van der Waals surface area contributed by atoms with E-state index in [0.29, 0.717) is 10.8 Å². The van der Waals surface area contributed by atoms with Crippen LogP contribution in [0.15, 0.2) is 11.6 Å². The topological polar surface area (TPSA) is 0 Å². The normalized spacial score (nSPS) is 51.5. The van der Waals surface area contributed by atoms with Gasteiger partial charge in [0.25, 0.3) is 0 Å². The van der Waals surface area contributed by atoms with Gasteiger partial charge in [-0.25, -0.2) is 0 Å². The van der Waals surface area contributed by atoms with Crippen LogP contribution in [0.5, 0.6) is 0 Å². The van der Waals surface area contributed by atoms with Gasteiger partial charge in [-0.15, -0.1) is 0 Å². The highest BCUT2D eigenvalue weighted by atomic mass is 14.7. The van der Waals surface area contributed by atoms with Crippen molar-refractivity contribution < 1.29 is 0 Å². The minimum absolute atomic E-state index is 0.598. The predicted octanol–water partition coefficient (Wildman–Crippen LogP) is 4.42. The monoisotopic (exact) mass is 204 g/mol. The Bertz CT molecular complexity index is 323. The molecule has 4 aliphatic rings. The maximum atomic E-state index is 2.57. The summed E-state index contributed by atoms with van der Waals surface area (Å²) >= 11 is 0. The molecule has 0 spiro atoms. The molecule has 0 unspecified atom stereocenters. The zero-order valence-corrected chi connectivity index (χ0v) is 10.6. The molecular weight excluding hydrogens is 180 g/mol. The van der Waals surface area contributed by atoms with E-state index in [4.69, 9.17) is 0 Å². The average molecular weight is 204 g/mol. The Hall–Kier alpha value is -0.260. The lowest BCUT2D eigenvalue weighted by molar-refractivity contribution is -0.138. The van der Waals surface area contributed by atoms with Gasteiger partial charge in [-0.2, -0.15) is 0 Å². The van der Waals surface area contributed by atoms with Gasteiger partial charge >= 0.3 is 0 Å². The van der Waals surface area contributed by atoms with Gasteiger partial charge in [0.05, 0.1) is 0 Å². The van der Waals surface area contributed by atoms with Crippen molar-refractivity contribution in [3.63, 3.8) is 0 Å². The third-order valence-electron chi connectivity index (χ3n) is 5.97. The zero-order chi connectivity index (χ0) is 10.8. The number of fused-ring (bicyclic) bond motifs is 1. The van der Waals surface area contributed by atoms with Crippen LogP contribution in [-0.4, -0.2) is 0 Å². The molecule has 4 rings (SSSR count). The summed E-state index contributed by atoms with van der Waals surface area (Å²) in [5.41, 5.74) is 2.98. The minimum atomic E-state index is 0.598. The lowest BCUT2D eigenvalue weighted by atomic mass is 9.38. The minimum Gasteiger partial charge on any atom is -0.0850 e. The second kappa shape index (κ2) is 2.70. The molecule has 0 saturated heterocycles. The van der Waals surface area contributed by atoms with Gasteiger partial charge in [0, 0.05) is 0 Å².